The highest BCUT2D eigenvalue weighted by molar-refractivity contribution is 5.82. The first kappa shape index (κ1) is 14.2. The van der Waals surface area contributed by atoms with Crippen LogP contribution in [-0.2, 0) is 9.59 Å². The Kier molecular flexibility index (Phi) is 5.62. The van der Waals surface area contributed by atoms with Crippen LogP contribution in [0.2, 0.25) is 0 Å². The number of nitrogens with zero attached hydrogens (tertiary/aromatic N) is 2. The molecule has 4 heteroatoms. The first-order valence-corrected chi connectivity index (χ1v) is 6.55. The summed E-state index contributed by atoms with van der Waals surface area (Å²) in [4.78, 5) is 27.2. The molecular weight excluding hydrogens is 216 g/mol. The average molecular weight is 240 g/mol. The normalized spacial score (nSPS) is 19.8. The second kappa shape index (κ2) is 6.74. The van der Waals surface area contributed by atoms with Crippen LogP contribution < -0.4 is 0 Å². The van der Waals surface area contributed by atoms with Crippen LogP contribution in [0.4, 0.5) is 0 Å². The molecule has 0 N–H and O–H groups in total. The van der Waals surface area contributed by atoms with Crippen molar-refractivity contribution in [2.75, 3.05) is 32.7 Å². The summed E-state index contributed by atoms with van der Waals surface area (Å²) < 4.78 is 0. The summed E-state index contributed by atoms with van der Waals surface area (Å²) in [6.07, 6.45) is 1.87. The lowest BCUT2D eigenvalue weighted by molar-refractivity contribution is -0.128. The zero-order valence-electron chi connectivity index (χ0n) is 11.2. The van der Waals surface area contributed by atoms with Gasteiger partial charge in [-0.3, -0.25) is 14.5 Å². The highest BCUT2D eigenvalue weighted by atomic mass is 16.2. The van der Waals surface area contributed by atoms with Gasteiger partial charge in [-0.15, -0.1) is 0 Å². The molecule has 4 nitrogen and oxygen atoms in total. The highest BCUT2D eigenvalue weighted by Crippen LogP contribution is 2.07. The molecule has 0 aliphatic carbocycles. The lowest BCUT2D eigenvalue weighted by Crippen LogP contribution is -2.36. The molecule has 1 rings (SSSR count). The average Bonchev–Trinajstić information content (AvgIpc) is 2.53. The van der Waals surface area contributed by atoms with Gasteiger partial charge in [-0.1, -0.05) is 13.8 Å². The summed E-state index contributed by atoms with van der Waals surface area (Å²) in [5.74, 6) is 0.617. The summed E-state index contributed by atoms with van der Waals surface area (Å²) in [7, 11) is 0. The molecule has 0 aromatic rings. The van der Waals surface area contributed by atoms with E-state index in [2.05, 4.69) is 4.90 Å². The Morgan fingerprint density at radius 2 is 1.88 bits per heavy atom. The minimum Gasteiger partial charge on any atom is -0.342 e. The largest absolute Gasteiger partial charge is 0.342 e. The van der Waals surface area contributed by atoms with Gasteiger partial charge in [0.2, 0.25) is 5.91 Å². The third-order valence-electron chi connectivity index (χ3n) is 3.58. The van der Waals surface area contributed by atoms with E-state index in [4.69, 9.17) is 0 Å². The molecular formula is C13H24N2O2. The number of rotatable bonds is 4. The van der Waals surface area contributed by atoms with E-state index in [0.717, 1.165) is 39.0 Å². The van der Waals surface area contributed by atoms with E-state index in [1.807, 2.05) is 18.7 Å². The van der Waals surface area contributed by atoms with Gasteiger partial charge < -0.3 is 4.90 Å². The molecule has 0 saturated carbocycles. The standard InChI is InChI=1S/C13H24N2O2/c1-4-11(2)13(17)10-14-6-5-7-15(9-8-14)12(3)16/h11H,4-10H2,1-3H3. The Morgan fingerprint density at radius 3 is 2.47 bits per heavy atom. The quantitative estimate of drug-likeness (QED) is 0.740. The molecule has 0 aromatic carbocycles. The maximum absolute atomic E-state index is 11.8. The number of ketones is 1. The fraction of sp³-hybridized carbons (Fsp3) is 0.846. The molecule has 1 amide bonds. The van der Waals surface area contributed by atoms with Crippen LogP contribution in [0.5, 0.6) is 0 Å². The predicted octanol–water partition coefficient (Wildman–Crippen LogP) is 1.16. The van der Waals surface area contributed by atoms with Crippen molar-refractivity contribution in [3.63, 3.8) is 0 Å². The number of hydrogen-bond acceptors (Lipinski definition) is 3. The Balaban J connectivity index is 2.41. The molecule has 1 aliphatic heterocycles. The molecule has 1 unspecified atom stereocenters. The Labute approximate surface area is 104 Å². The van der Waals surface area contributed by atoms with E-state index in [9.17, 15) is 9.59 Å². The van der Waals surface area contributed by atoms with Crippen LogP contribution in [0.1, 0.15) is 33.6 Å². The minimum absolute atomic E-state index is 0.139. The maximum atomic E-state index is 11.8. The Bertz CT molecular complexity index is 279. The van der Waals surface area contributed by atoms with E-state index in [0.29, 0.717) is 12.3 Å². The third kappa shape index (κ3) is 4.46. The summed E-state index contributed by atoms with van der Waals surface area (Å²) in [5, 5.41) is 0. The van der Waals surface area contributed by atoms with E-state index in [1.165, 1.54) is 0 Å². The number of amides is 1. The van der Waals surface area contributed by atoms with Gasteiger partial charge in [0.25, 0.3) is 0 Å². The zero-order valence-corrected chi connectivity index (χ0v) is 11.2. The number of carbonyl (C=O) groups excluding carboxylic acids is 2. The van der Waals surface area contributed by atoms with Gasteiger partial charge in [0, 0.05) is 39.0 Å². The molecule has 98 valence electrons. The van der Waals surface area contributed by atoms with Crippen LogP contribution in [-0.4, -0.2) is 54.2 Å². The highest BCUT2D eigenvalue weighted by Gasteiger charge is 2.19. The lowest BCUT2D eigenvalue weighted by atomic mass is 10.0. The summed E-state index contributed by atoms with van der Waals surface area (Å²) in [6, 6.07) is 0. The van der Waals surface area contributed by atoms with Crippen molar-refractivity contribution in [2.24, 2.45) is 5.92 Å². The Morgan fingerprint density at radius 1 is 1.18 bits per heavy atom. The fourth-order valence-electron chi connectivity index (χ4n) is 2.05. The van der Waals surface area contributed by atoms with Crippen LogP contribution in [0.3, 0.4) is 0 Å². The van der Waals surface area contributed by atoms with E-state index in [-0.39, 0.29) is 11.8 Å². The predicted molar refractivity (Wildman–Crippen MR) is 67.8 cm³/mol. The second-order valence-electron chi connectivity index (χ2n) is 4.91. The first-order valence-electron chi connectivity index (χ1n) is 6.55. The van der Waals surface area contributed by atoms with Crippen molar-refractivity contribution >= 4 is 11.7 Å². The van der Waals surface area contributed by atoms with Gasteiger partial charge in [-0.05, 0) is 12.8 Å². The molecule has 1 heterocycles. The first-order chi connectivity index (χ1) is 8.04. The van der Waals surface area contributed by atoms with Crippen LogP contribution >= 0.6 is 0 Å². The topological polar surface area (TPSA) is 40.6 Å². The van der Waals surface area contributed by atoms with E-state index < -0.39 is 0 Å². The van der Waals surface area contributed by atoms with Crippen LogP contribution in [0.15, 0.2) is 0 Å². The van der Waals surface area contributed by atoms with Gasteiger partial charge >= 0.3 is 0 Å². The third-order valence-corrected chi connectivity index (χ3v) is 3.58. The van der Waals surface area contributed by atoms with Gasteiger partial charge in [0.05, 0.1) is 6.54 Å². The van der Waals surface area contributed by atoms with Gasteiger partial charge in [-0.25, -0.2) is 0 Å². The second-order valence-corrected chi connectivity index (χ2v) is 4.91. The maximum Gasteiger partial charge on any atom is 0.219 e. The van der Waals surface area contributed by atoms with Crippen molar-refractivity contribution in [3.8, 4) is 0 Å². The molecule has 17 heavy (non-hydrogen) atoms. The summed E-state index contributed by atoms with van der Waals surface area (Å²) >= 11 is 0. The van der Waals surface area contributed by atoms with Gasteiger partial charge in [0.1, 0.15) is 5.78 Å². The zero-order chi connectivity index (χ0) is 12.8. The monoisotopic (exact) mass is 240 g/mol. The van der Waals surface area contributed by atoms with E-state index >= 15 is 0 Å². The number of Topliss-reactive ketones (excluding diaryl/α,β-unsaturated/α-hetero) is 1. The van der Waals surface area contributed by atoms with E-state index in [1.54, 1.807) is 6.92 Å². The van der Waals surface area contributed by atoms with Crippen molar-refractivity contribution in [3.05, 3.63) is 0 Å². The van der Waals surface area contributed by atoms with Crippen molar-refractivity contribution in [1.29, 1.82) is 0 Å². The molecule has 0 aromatic heterocycles. The minimum atomic E-state index is 0.139. The van der Waals surface area contributed by atoms with Crippen molar-refractivity contribution < 1.29 is 9.59 Å². The summed E-state index contributed by atoms with van der Waals surface area (Å²) in [6.45, 7) is 9.51. The van der Waals surface area contributed by atoms with Crippen molar-refractivity contribution in [2.45, 2.75) is 33.6 Å². The SMILES string of the molecule is CCC(C)C(=O)CN1CCCN(C(C)=O)CC1. The Hall–Kier alpha value is -0.900. The van der Waals surface area contributed by atoms with Crippen molar-refractivity contribution in [1.82, 2.24) is 9.80 Å². The molecule has 0 radical (unpaired) electrons. The molecule has 1 saturated heterocycles. The number of carbonyl (C=O) groups is 2. The molecule has 1 aliphatic rings. The molecule has 0 spiro atoms. The smallest absolute Gasteiger partial charge is 0.219 e. The van der Waals surface area contributed by atoms with Gasteiger partial charge in [-0.2, -0.15) is 0 Å². The van der Waals surface area contributed by atoms with Crippen LogP contribution in [0, 0.1) is 5.92 Å². The summed E-state index contributed by atoms with van der Waals surface area (Å²) in [5.41, 5.74) is 0. The van der Waals surface area contributed by atoms with Gasteiger partial charge in [0.15, 0.2) is 0 Å². The molecule has 1 fully saturated rings. The number of hydrogen-bond donors (Lipinski definition) is 0. The molecule has 0 bridgehead atoms. The fourth-order valence-corrected chi connectivity index (χ4v) is 2.05. The lowest BCUT2D eigenvalue weighted by Gasteiger charge is -2.21. The molecule has 1 atom stereocenters. The van der Waals surface area contributed by atoms with Crippen LogP contribution in [0.25, 0.3) is 0 Å².